The number of hydrogen-bond acceptors (Lipinski definition) is 2. The van der Waals surface area contributed by atoms with Crippen molar-refractivity contribution in [3.8, 4) is 0 Å². The second-order valence-electron chi connectivity index (χ2n) is 4.76. The Labute approximate surface area is 114 Å². The topological polar surface area (TPSA) is 16.1 Å². The average Bonchev–Trinajstić information content (AvgIpc) is 2.35. The van der Waals surface area contributed by atoms with Crippen LogP contribution in [0.2, 0.25) is 0 Å². The van der Waals surface area contributed by atoms with Gasteiger partial charge >= 0.3 is 0 Å². The first-order chi connectivity index (χ1) is 8.60. The van der Waals surface area contributed by atoms with E-state index < -0.39 is 0 Å². The Kier molecular flexibility index (Phi) is 6.41. The second-order valence-corrected chi connectivity index (χ2v) is 5.03. The van der Waals surface area contributed by atoms with Crippen molar-refractivity contribution in [1.82, 2.24) is 4.98 Å². The SMILES string of the molecule is CCCCCN(c1ncc(F)cc1CCl)C(C)C. The zero-order chi connectivity index (χ0) is 13.5. The summed E-state index contributed by atoms with van der Waals surface area (Å²) in [6.45, 7) is 7.36. The van der Waals surface area contributed by atoms with E-state index in [2.05, 4.69) is 30.7 Å². The molecule has 0 unspecified atom stereocenters. The van der Waals surface area contributed by atoms with Crippen LogP contribution in [0.3, 0.4) is 0 Å². The molecule has 0 aliphatic carbocycles. The fourth-order valence-electron chi connectivity index (χ4n) is 1.97. The quantitative estimate of drug-likeness (QED) is 0.541. The zero-order valence-corrected chi connectivity index (χ0v) is 12.2. The lowest BCUT2D eigenvalue weighted by molar-refractivity contribution is 0.602. The Bertz CT molecular complexity index is 369. The molecule has 0 aliphatic rings. The first-order valence-electron chi connectivity index (χ1n) is 6.57. The van der Waals surface area contributed by atoms with Crippen LogP contribution in [0.15, 0.2) is 12.3 Å². The molecule has 2 nitrogen and oxygen atoms in total. The van der Waals surface area contributed by atoms with Crippen LogP contribution in [0.5, 0.6) is 0 Å². The van der Waals surface area contributed by atoms with Gasteiger partial charge in [0, 0.05) is 18.2 Å². The normalized spacial score (nSPS) is 11.0. The molecule has 0 amide bonds. The Balaban J connectivity index is 2.90. The van der Waals surface area contributed by atoms with Gasteiger partial charge in [-0.25, -0.2) is 9.37 Å². The molecule has 1 aromatic rings. The van der Waals surface area contributed by atoms with Crippen molar-refractivity contribution in [2.45, 2.75) is 52.0 Å². The molecular formula is C14H22ClFN2. The molecule has 0 bridgehead atoms. The summed E-state index contributed by atoms with van der Waals surface area (Å²) in [5.41, 5.74) is 0.766. The molecule has 0 atom stereocenters. The molecular weight excluding hydrogens is 251 g/mol. The average molecular weight is 273 g/mol. The number of hydrogen-bond donors (Lipinski definition) is 0. The van der Waals surface area contributed by atoms with Gasteiger partial charge in [-0.1, -0.05) is 19.8 Å². The monoisotopic (exact) mass is 272 g/mol. The summed E-state index contributed by atoms with van der Waals surface area (Å²) >= 11 is 5.88. The largest absolute Gasteiger partial charge is 0.354 e. The summed E-state index contributed by atoms with van der Waals surface area (Å²) in [4.78, 5) is 6.42. The lowest BCUT2D eigenvalue weighted by atomic mass is 10.2. The Morgan fingerprint density at radius 3 is 2.67 bits per heavy atom. The van der Waals surface area contributed by atoms with E-state index in [1.54, 1.807) is 0 Å². The Hall–Kier alpha value is -0.830. The van der Waals surface area contributed by atoms with Crippen LogP contribution in [-0.2, 0) is 5.88 Å². The van der Waals surface area contributed by atoms with Gasteiger partial charge in [-0.3, -0.25) is 0 Å². The number of aromatic nitrogens is 1. The number of halogens is 2. The van der Waals surface area contributed by atoms with Crippen molar-refractivity contribution in [3.63, 3.8) is 0 Å². The van der Waals surface area contributed by atoms with Crippen molar-refractivity contribution in [2.75, 3.05) is 11.4 Å². The third kappa shape index (κ3) is 4.13. The van der Waals surface area contributed by atoms with E-state index in [0.29, 0.717) is 6.04 Å². The molecule has 0 aliphatic heterocycles. The maximum atomic E-state index is 13.2. The van der Waals surface area contributed by atoms with Crippen LogP contribution < -0.4 is 4.90 Å². The lowest BCUT2D eigenvalue weighted by Gasteiger charge is -2.29. The smallest absolute Gasteiger partial charge is 0.141 e. The first kappa shape index (κ1) is 15.2. The van der Waals surface area contributed by atoms with Gasteiger partial charge in [-0.05, 0) is 26.3 Å². The van der Waals surface area contributed by atoms with Gasteiger partial charge in [-0.2, -0.15) is 0 Å². The van der Waals surface area contributed by atoms with Gasteiger partial charge in [0.05, 0.1) is 12.1 Å². The minimum Gasteiger partial charge on any atom is -0.354 e. The summed E-state index contributed by atoms with van der Waals surface area (Å²) in [7, 11) is 0. The molecule has 102 valence electrons. The van der Waals surface area contributed by atoms with Crippen LogP contribution in [0.1, 0.15) is 45.6 Å². The van der Waals surface area contributed by atoms with Gasteiger partial charge in [-0.15, -0.1) is 11.6 Å². The highest BCUT2D eigenvalue weighted by atomic mass is 35.5. The number of pyridine rings is 1. The van der Waals surface area contributed by atoms with Gasteiger partial charge in [0.2, 0.25) is 0 Å². The van der Waals surface area contributed by atoms with E-state index in [-0.39, 0.29) is 11.7 Å². The molecule has 0 N–H and O–H groups in total. The molecule has 0 radical (unpaired) electrons. The predicted molar refractivity (Wildman–Crippen MR) is 75.8 cm³/mol. The molecule has 0 saturated heterocycles. The van der Waals surface area contributed by atoms with Gasteiger partial charge in [0.15, 0.2) is 0 Å². The minimum absolute atomic E-state index is 0.289. The predicted octanol–water partition coefficient (Wildman–Crippen LogP) is 4.36. The molecule has 0 saturated carbocycles. The van der Waals surface area contributed by atoms with Crippen molar-refractivity contribution < 1.29 is 4.39 Å². The van der Waals surface area contributed by atoms with Crippen LogP contribution in [0.4, 0.5) is 10.2 Å². The molecule has 0 fully saturated rings. The number of alkyl halides is 1. The fraction of sp³-hybridized carbons (Fsp3) is 0.643. The maximum Gasteiger partial charge on any atom is 0.141 e. The molecule has 0 spiro atoms. The molecule has 18 heavy (non-hydrogen) atoms. The molecule has 1 aromatic heterocycles. The van der Waals surface area contributed by atoms with Crippen molar-refractivity contribution in [1.29, 1.82) is 0 Å². The van der Waals surface area contributed by atoms with Crippen molar-refractivity contribution in [2.24, 2.45) is 0 Å². The second kappa shape index (κ2) is 7.57. The van der Waals surface area contributed by atoms with Crippen LogP contribution in [0.25, 0.3) is 0 Å². The Morgan fingerprint density at radius 2 is 2.11 bits per heavy atom. The molecule has 4 heteroatoms. The zero-order valence-electron chi connectivity index (χ0n) is 11.4. The molecule has 0 aromatic carbocycles. The van der Waals surface area contributed by atoms with Crippen LogP contribution in [0, 0.1) is 5.82 Å². The summed E-state index contributed by atoms with van der Waals surface area (Å²) in [6, 6.07) is 1.81. The minimum atomic E-state index is -0.327. The number of rotatable bonds is 7. The van der Waals surface area contributed by atoms with Gasteiger partial charge in [0.25, 0.3) is 0 Å². The van der Waals surface area contributed by atoms with E-state index in [1.807, 2.05) is 0 Å². The summed E-state index contributed by atoms with van der Waals surface area (Å²) in [5, 5.41) is 0. The fourth-order valence-corrected chi connectivity index (χ4v) is 2.17. The number of nitrogens with zero attached hydrogens (tertiary/aromatic N) is 2. The summed E-state index contributed by atoms with van der Waals surface area (Å²) in [6.07, 6.45) is 4.77. The van der Waals surface area contributed by atoms with Crippen molar-refractivity contribution in [3.05, 3.63) is 23.6 Å². The molecule has 1 rings (SSSR count). The Morgan fingerprint density at radius 1 is 1.39 bits per heavy atom. The van der Waals surface area contributed by atoms with Gasteiger partial charge < -0.3 is 4.90 Å². The molecule has 1 heterocycles. The first-order valence-corrected chi connectivity index (χ1v) is 7.10. The lowest BCUT2D eigenvalue weighted by Crippen LogP contribution is -2.33. The van der Waals surface area contributed by atoms with Crippen molar-refractivity contribution >= 4 is 17.4 Å². The number of unbranched alkanes of at least 4 members (excludes halogenated alkanes) is 2. The van der Waals surface area contributed by atoms with E-state index in [0.717, 1.165) is 24.3 Å². The van der Waals surface area contributed by atoms with E-state index in [4.69, 9.17) is 11.6 Å². The van der Waals surface area contributed by atoms with Gasteiger partial charge in [0.1, 0.15) is 11.6 Å². The standard InChI is InChI=1S/C14H22ClFN2/c1-4-5-6-7-18(11(2)3)14-12(9-15)8-13(16)10-17-14/h8,10-11H,4-7,9H2,1-3H3. The number of anilines is 1. The highest BCUT2D eigenvalue weighted by molar-refractivity contribution is 6.17. The van der Waals surface area contributed by atoms with E-state index in [1.165, 1.54) is 25.1 Å². The third-order valence-corrected chi connectivity index (χ3v) is 3.24. The highest BCUT2D eigenvalue weighted by Gasteiger charge is 2.15. The summed E-state index contributed by atoms with van der Waals surface area (Å²) < 4.78 is 13.2. The highest BCUT2D eigenvalue weighted by Crippen LogP contribution is 2.23. The van der Waals surface area contributed by atoms with E-state index >= 15 is 0 Å². The van der Waals surface area contributed by atoms with E-state index in [9.17, 15) is 4.39 Å². The maximum absolute atomic E-state index is 13.2. The van der Waals surface area contributed by atoms with Crippen LogP contribution in [-0.4, -0.2) is 17.6 Å². The summed E-state index contributed by atoms with van der Waals surface area (Å²) in [5.74, 6) is 0.779. The van der Waals surface area contributed by atoms with Crippen LogP contribution >= 0.6 is 11.6 Å². The third-order valence-electron chi connectivity index (χ3n) is 2.95.